The normalized spacial score (nSPS) is 24.5. The molecule has 1 aromatic carbocycles. The highest BCUT2D eigenvalue weighted by molar-refractivity contribution is 5.76. The summed E-state index contributed by atoms with van der Waals surface area (Å²) in [5, 5.41) is 18.5. The Morgan fingerprint density at radius 1 is 1.22 bits per heavy atom. The molecule has 1 amide bonds. The van der Waals surface area contributed by atoms with Crippen LogP contribution in [0.15, 0.2) is 24.3 Å². The fourth-order valence-corrected chi connectivity index (χ4v) is 3.34. The third-order valence-electron chi connectivity index (χ3n) is 4.93. The van der Waals surface area contributed by atoms with Crippen LogP contribution in [-0.4, -0.2) is 46.2 Å². The van der Waals surface area contributed by atoms with Crippen LogP contribution in [0.25, 0.3) is 0 Å². The van der Waals surface area contributed by atoms with E-state index in [0.29, 0.717) is 45.2 Å². The van der Waals surface area contributed by atoms with E-state index in [1.54, 1.807) is 0 Å². The van der Waals surface area contributed by atoms with E-state index in [0.717, 1.165) is 11.1 Å². The number of carbonyl (C=O) groups excluding carboxylic acids is 1. The van der Waals surface area contributed by atoms with Gasteiger partial charge in [0.15, 0.2) is 0 Å². The summed E-state index contributed by atoms with van der Waals surface area (Å²) in [6.45, 7) is 1.28. The minimum Gasteiger partial charge on any atom is -0.481 e. The molecule has 1 aliphatic heterocycles. The highest BCUT2D eigenvalue weighted by Gasteiger charge is 2.44. The van der Waals surface area contributed by atoms with E-state index in [9.17, 15) is 14.7 Å². The van der Waals surface area contributed by atoms with Crippen LogP contribution in [0.4, 0.5) is 0 Å². The van der Waals surface area contributed by atoms with Crippen LogP contribution in [-0.2, 0) is 16.0 Å². The van der Waals surface area contributed by atoms with Crippen LogP contribution >= 0.6 is 0 Å². The zero-order valence-electron chi connectivity index (χ0n) is 13.1. The number of likely N-dealkylation sites (tertiary alicyclic amines) is 1. The van der Waals surface area contributed by atoms with Crippen molar-refractivity contribution in [3.63, 3.8) is 0 Å². The zero-order valence-corrected chi connectivity index (χ0v) is 13.1. The van der Waals surface area contributed by atoms with E-state index in [-0.39, 0.29) is 23.8 Å². The topological polar surface area (TPSA) is 77.8 Å². The molecule has 0 bridgehead atoms. The van der Waals surface area contributed by atoms with Gasteiger partial charge in [0.1, 0.15) is 0 Å². The summed E-state index contributed by atoms with van der Waals surface area (Å²) in [6, 6.07) is 7.96. The van der Waals surface area contributed by atoms with Gasteiger partial charge < -0.3 is 15.1 Å². The molecule has 0 radical (unpaired) electrons. The minimum absolute atomic E-state index is 0.131. The molecule has 0 spiro atoms. The maximum atomic E-state index is 12.2. The molecule has 3 rings (SSSR count). The largest absolute Gasteiger partial charge is 0.481 e. The van der Waals surface area contributed by atoms with Gasteiger partial charge in [-0.25, -0.2) is 0 Å². The molecule has 124 valence electrons. The third-order valence-corrected chi connectivity index (χ3v) is 4.93. The van der Waals surface area contributed by atoms with Crippen molar-refractivity contribution < 1.29 is 19.8 Å². The lowest BCUT2D eigenvalue weighted by Gasteiger charge is -2.29. The van der Waals surface area contributed by atoms with Crippen LogP contribution in [0.2, 0.25) is 0 Å². The van der Waals surface area contributed by atoms with Crippen molar-refractivity contribution in [2.45, 2.75) is 44.1 Å². The van der Waals surface area contributed by atoms with Crippen molar-refractivity contribution >= 4 is 11.9 Å². The quantitative estimate of drug-likeness (QED) is 0.868. The molecule has 2 unspecified atom stereocenters. The maximum absolute atomic E-state index is 12.2. The Bertz CT molecular complexity index is 592. The number of hydrogen-bond donors (Lipinski definition) is 2. The third kappa shape index (κ3) is 3.91. The number of hydrogen-bond acceptors (Lipinski definition) is 3. The van der Waals surface area contributed by atoms with Gasteiger partial charge in [0.25, 0.3) is 0 Å². The zero-order chi connectivity index (χ0) is 16.4. The van der Waals surface area contributed by atoms with Gasteiger partial charge >= 0.3 is 5.97 Å². The fraction of sp³-hybridized carbons (Fsp3) is 0.556. The average molecular weight is 317 g/mol. The van der Waals surface area contributed by atoms with Gasteiger partial charge in [0.05, 0.1) is 12.0 Å². The summed E-state index contributed by atoms with van der Waals surface area (Å²) >= 11 is 0. The average Bonchev–Trinajstić information content (AvgIpc) is 3.34. The van der Waals surface area contributed by atoms with E-state index in [4.69, 9.17) is 5.11 Å². The molecule has 5 nitrogen and oxygen atoms in total. The van der Waals surface area contributed by atoms with E-state index < -0.39 is 5.97 Å². The smallest absolute Gasteiger partial charge is 0.307 e. The number of benzene rings is 1. The van der Waals surface area contributed by atoms with E-state index in [1.165, 1.54) is 0 Å². The SMILES string of the molecule is O=C(O)C1CC1c1cccc(CCC(=O)N2CCC(O)CC2)c1. The number of nitrogens with zero attached hydrogens (tertiary/aromatic N) is 1. The van der Waals surface area contributed by atoms with Gasteiger partial charge in [-0.1, -0.05) is 24.3 Å². The lowest BCUT2D eigenvalue weighted by molar-refractivity contribution is -0.138. The Morgan fingerprint density at radius 3 is 2.61 bits per heavy atom. The van der Waals surface area contributed by atoms with Crippen LogP contribution in [0.3, 0.4) is 0 Å². The number of carboxylic acid groups (broad SMARTS) is 1. The summed E-state index contributed by atoms with van der Waals surface area (Å²) in [5.74, 6) is -0.696. The van der Waals surface area contributed by atoms with Gasteiger partial charge in [0.2, 0.25) is 5.91 Å². The van der Waals surface area contributed by atoms with E-state index in [2.05, 4.69) is 0 Å². The van der Waals surface area contributed by atoms with Crippen molar-refractivity contribution in [3.8, 4) is 0 Å². The van der Waals surface area contributed by atoms with Crippen LogP contribution in [0, 0.1) is 5.92 Å². The van der Waals surface area contributed by atoms with Crippen LogP contribution in [0.1, 0.15) is 42.7 Å². The van der Waals surface area contributed by atoms with E-state index in [1.807, 2.05) is 29.2 Å². The summed E-state index contributed by atoms with van der Waals surface area (Å²) in [6.07, 6.45) is 2.92. The van der Waals surface area contributed by atoms with Crippen molar-refractivity contribution in [2.75, 3.05) is 13.1 Å². The first-order chi connectivity index (χ1) is 11.0. The minimum atomic E-state index is -0.720. The Balaban J connectivity index is 1.52. The molecule has 1 aromatic rings. The number of aliphatic hydroxyl groups excluding tert-OH is 1. The molecule has 5 heteroatoms. The summed E-state index contributed by atoms with van der Waals surface area (Å²) < 4.78 is 0. The van der Waals surface area contributed by atoms with Gasteiger partial charge in [0, 0.05) is 19.5 Å². The molecule has 2 N–H and O–H groups in total. The molecule has 1 heterocycles. The monoisotopic (exact) mass is 317 g/mol. The molecule has 1 aliphatic carbocycles. The lowest BCUT2D eigenvalue weighted by atomic mass is 10.0. The number of aliphatic carboxylic acids is 1. The Labute approximate surface area is 135 Å². The summed E-state index contributed by atoms with van der Waals surface area (Å²) in [4.78, 5) is 25.0. The van der Waals surface area contributed by atoms with E-state index >= 15 is 0 Å². The number of aliphatic hydroxyl groups is 1. The van der Waals surface area contributed by atoms with Gasteiger partial charge in [-0.05, 0) is 42.7 Å². The molecule has 2 fully saturated rings. The van der Waals surface area contributed by atoms with Crippen LogP contribution in [0.5, 0.6) is 0 Å². The number of carbonyl (C=O) groups is 2. The van der Waals surface area contributed by atoms with Crippen molar-refractivity contribution in [1.29, 1.82) is 0 Å². The molecular formula is C18H23NO4. The molecule has 1 saturated carbocycles. The number of rotatable bonds is 5. The molecule has 2 aliphatic rings. The first-order valence-corrected chi connectivity index (χ1v) is 8.32. The van der Waals surface area contributed by atoms with Gasteiger partial charge in [-0.3, -0.25) is 9.59 Å². The number of aryl methyl sites for hydroxylation is 1. The number of amides is 1. The van der Waals surface area contributed by atoms with Gasteiger partial charge in [-0.2, -0.15) is 0 Å². The second-order valence-corrected chi connectivity index (χ2v) is 6.64. The number of carboxylic acids is 1. The molecular weight excluding hydrogens is 294 g/mol. The standard InChI is InChI=1S/C18H23NO4/c20-14-6-8-19(9-7-14)17(21)5-4-12-2-1-3-13(10-12)15-11-16(15)18(22)23/h1-3,10,14-16,20H,4-9,11H2,(H,22,23). The van der Waals surface area contributed by atoms with Crippen molar-refractivity contribution in [3.05, 3.63) is 35.4 Å². The van der Waals surface area contributed by atoms with Crippen LogP contribution < -0.4 is 0 Å². The van der Waals surface area contributed by atoms with Crippen molar-refractivity contribution in [1.82, 2.24) is 4.90 Å². The second kappa shape index (κ2) is 6.71. The Kier molecular flexibility index (Phi) is 4.66. The summed E-state index contributed by atoms with van der Waals surface area (Å²) in [5.41, 5.74) is 2.16. The maximum Gasteiger partial charge on any atom is 0.307 e. The first kappa shape index (κ1) is 16.0. The predicted molar refractivity (Wildman–Crippen MR) is 85.1 cm³/mol. The number of piperidine rings is 1. The lowest BCUT2D eigenvalue weighted by Crippen LogP contribution is -2.40. The Morgan fingerprint density at radius 2 is 1.96 bits per heavy atom. The molecule has 2 atom stereocenters. The summed E-state index contributed by atoms with van der Waals surface area (Å²) in [7, 11) is 0. The molecule has 1 saturated heterocycles. The van der Waals surface area contributed by atoms with Gasteiger partial charge in [-0.15, -0.1) is 0 Å². The highest BCUT2D eigenvalue weighted by Crippen LogP contribution is 2.47. The highest BCUT2D eigenvalue weighted by atomic mass is 16.4. The molecule has 0 aromatic heterocycles. The fourth-order valence-electron chi connectivity index (χ4n) is 3.34. The first-order valence-electron chi connectivity index (χ1n) is 8.32. The predicted octanol–water partition coefficient (Wildman–Crippen LogP) is 1.79. The Hall–Kier alpha value is -1.88. The second-order valence-electron chi connectivity index (χ2n) is 6.64. The van der Waals surface area contributed by atoms with Crippen molar-refractivity contribution in [2.24, 2.45) is 5.92 Å². The molecule has 23 heavy (non-hydrogen) atoms.